The summed E-state index contributed by atoms with van der Waals surface area (Å²) in [5.41, 5.74) is 0.630. The molecule has 0 bridgehead atoms. The van der Waals surface area contributed by atoms with Gasteiger partial charge in [0, 0.05) is 27.6 Å². The largest absolute Gasteiger partial charge is 0.306 e. The number of halogens is 1. The van der Waals surface area contributed by atoms with Crippen LogP contribution in [0.5, 0.6) is 0 Å². The van der Waals surface area contributed by atoms with E-state index in [4.69, 9.17) is 0 Å². The van der Waals surface area contributed by atoms with E-state index < -0.39 is 10.2 Å². The predicted octanol–water partition coefficient (Wildman–Crippen LogP) is 5.51. The van der Waals surface area contributed by atoms with Crippen LogP contribution in [0, 0.1) is 15.9 Å². The van der Waals surface area contributed by atoms with Gasteiger partial charge in [-0.15, -0.1) is 23.1 Å². The van der Waals surface area contributed by atoms with E-state index >= 15 is 0 Å². The molecule has 1 heterocycles. The van der Waals surface area contributed by atoms with Crippen LogP contribution in [0.1, 0.15) is 11.8 Å². The minimum Gasteiger partial charge on any atom is -0.306 e. The van der Waals surface area contributed by atoms with Gasteiger partial charge < -0.3 is 4.90 Å². The molecule has 0 radical (unpaired) electrons. The first-order chi connectivity index (χ1) is 13.4. The van der Waals surface area contributed by atoms with Gasteiger partial charge in [0.2, 0.25) is 5.91 Å². The Hall–Kier alpha value is -2.71. The number of hydrogen-bond acceptors (Lipinski definition) is 5. The van der Waals surface area contributed by atoms with E-state index in [1.807, 2.05) is 17.5 Å². The number of nitro benzene ring substituents is 1. The number of benzene rings is 2. The molecule has 0 fully saturated rings. The Balaban J connectivity index is 1.79. The molecule has 2 aromatic carbocycles. The fourth-order valence-electron chi connectivity index (χ4n) is 2.60. The Morgan fingerprint density at radius 3 is 2.43 bits per heavy atom. The van der Waals surface area contributed by atoms with Gasteiger partial charge in [-0.25, -0.2) is 4.39 Å². The second-order valence-corrected chi connectivity index (χ2v) is 8.44. The first-order valence-corrected chi connectivity index (χ1v) is 10.2. The molecule has 28 heavy (non-hydrogen) atoms. The molecule has 0 saturated heterocycles. The first kappa shape index (κ1) is 20.0. The summed E-state index contributed by atoms with van der Waals surface area (Å²) in [6.07, 6.45) is 0. The Bertz CT molecular complexity index is 945. The zero-order valence-corrected chi connectivity index (χ0v) is 16.6. The topological polar surface area (TPSA) is 63.5 Å². The molecule has 0 saturated carbocycles. The number of thioether (sulfide) groups is 1. The smallest absolute Gasteiger partial charge is 0.269 e. The van der Waals surface area contributed by atoms with E-state index in [0.29, 0.717) is 12.2 Å². The summed E-state index contributed by atoms with van der Waals surface area (Å²) in [5, 5.41) is 12.3. The number of carbonyl (C=O) groups excluding carboxylic acids is 1. The van der Waals surface area contributed by atoms with Crippen LogP contribution in [0.2, 0.25) is 0 Å². The highest BCUT2D eigenvalue weighted by molar-refractivity contribution is 8.00. The van der Waals surface area contributed by atoms with Gasteiger partial charge in [-0.3, -0.25) is 14.9 Å². The van der Waals surface area contributed by atoms with Crippen molar-refractivity contribution >= 4 is 40.4 Å². The van der Waals surface area contributed by atoms with E-state index in [1.54, 1.807) is 47.4 Å². The minimum absolute atomic E-state index is 0.00830. The van der Waals surface area contributed by atoms with Crippen LogP contribution in [0.15, 0.2) is 70.9 Å². The number of amides is 1. The lowest BCUT2D eigenvalue weighted by Crippen LogP contribution is -2.36. The highest BCUT2D eigenvalue weighted by atomic mass is 32.2. The van der Waals surface area contributed by atoms with Crippen LogP contribution in [0.25, 0.3) is 0 Å². The monoisotopic (exact) mass is 416 g/mol. The summed E-state index contributed by atoms with van der Waals surface area (Å²) in [6.45, 7) is 2.19. The Morgan fingerprint density at radius 2 is 1.86 bits per heavy atom. The fourth-order valence-corrected chi connectivity index (χ4v) is 4.22. The van der Waals surface area contributed by atoms with E-state index in [-0.39, 0.29) is 17.4 Å². The number of thiophene rings is 1. The maximum absolute atomic E-state index is 13.3. The lowest BCUT2D eigenvalue weighted by molar-refractivity contribution is -0.384. The summed E-state index contributed by atoms with van der Waals surface area (Å²) >= 11 is 2.87. The van der Waals surface area contributed by atoms with Gasteiger partial charge in [0.15, 0.2) is 0 Å². The highest BCUT2D eigenvalue weighted by Crippen LogP contribution is 2.29. The van der Waals surface area contributed by atoms with Crippen LogP contribution in [0.4, 0.5) is 15.8 Å². The molecule has 0 N–H and O–H groups in total. The first-order valence-electron chi connectivity index (χ1n) is 8.44. The maximum atomic E-state index is 13.3. The number of hydrogen-bond donors (Lipinski definition) is 0. The second kappa shape index (κ2) is 8.99. The lowest BCUT2D eigenvalue weighted by Gasteiger charge is -2.25. The molecule has 144 valence electrons. The number of nitrogens with zero attached hydrogens (tertiary/aromatic N) is 2. The third kappa shape index (κ3) is 4.96. The molecule has 1 amide bonds. The van der Waals surface area contributed by atoms with Gasteiger partial charge in [-0.05, 0) is 54.8 Å². The van der Waals surface area contributed by atoms with Crippen molar-refractivity contribution in [2.45, 2.75) is 23.6 Å². The van der Waals surface area contributed by atoms with Crippen molar-refractivity contribution < 1.29 is 14.1 Å². The van der Waals surface area contributed by atoms with Crippen molar-refractivity contribution in [2.24, 2.45) is 0 Å². The number of non-ortho nitro benzene ring substituents is 1. The Kier molecular flexibility index (Phi) is 6.43. The average Bonchev–Trinajstić information content (AvgIpc) is 3.20. The second-order valence-electron chi connectivity index (χ2n) is 5.99. The molecule has 3 rings (SSSR count). The number of rotatable bonds is 7. The molecule has 1 unspecified atom stereocenters. The number of nitro groups is 1. The Labute approximate surface area is 170 Å². The van der Waals surface area contributed by atoms with Crippen molar-refractivity contribution in [2.75, 3.05) is 4.90 Å². The van der Waals surface area contributed by atoms with Gasteiger partial charge in [0.1, 0.15) is 5.82 Å². The van der Waals surface area contributed by atoms with E-state index in [9.17, 15) is 19.3 Å². The molecule has 5 nitrogen and oxygen atoms in total. The quantitative estimate of drug-likeness (QED) is 0.289. The van der Waals surface area contributed by atoms with E-state index in [0.717, 1.165) is 9.77 Å². The normalized spacial score (nSPS) is 11.8. The SMILES string of the molecule is CC(Sc1ccc([N+](=O)[O-])cc1)C(=O)N(Cc1cccs1)c1ccc(F)cc1. The number of carbonyl (C=O) groups is 1. The van der Waals surface area contributed by atoms with Gasteiger partial charge in [-0.1, -0.05) is 6.07 Å². The molecule has 3 aromatic rings. The molecular weight excluding hydrogens is 399 g/mol. The average molecular weight is 416 g/mol. The van der Waals surface area contributed by atoms with E-state index in [2.05, 4.69) is 0 Å². The van der Waals surface area contributed by atoms with Crippen molar-refractivity contribution in [3.05, 3.63) is 86.9 Å². The molecule has 1 atom stereocenters. The van der Waals surface area contributed by atoms with E-state index in [1.165, 1.54) is 36.0 Å². The highest BCUT2D eigenvalue weighted by Gasteiger charge is 2.24. The number of anilines is 1. The molecule has 0 aliphatic rings. The Morgan fingerprint density at radius 1 is 1.18 bits per heavy atom. The third-order valence-electron chi connectivity index (χ3n) is 4.01. The van der Waals surface area contributed by atoms with Crippen molar-refractivity contribution in [1.82, 2.24) is 0 Å². The van der Waals surface area contributed by atoms with Crippen molar-refractivity contribution in [3.63, 3.8) is 0 Å². The molecule has 1 aromatic heterocycles. The molecule has 0 spiro atoms. The van der Waals surface area contributed by atoms with Crippen LogP contribution in [-0.2, 0) is 11.3 Å². The molecular formula is C20H17FN2O3S2. The van der Waals surface area contributed by atoms with Crippen molar-refractivity contribution in [3.8, 4) is 0 Å². The summed E-state index contributed by atoms with van der Waals surface area (Å²) in [6, 6.07) is 15.8. The van der Waals surface area contributed by atoms with Crippen LogP contribution < -0.4 is 4.90 Å². The molecule has 8 heteroatoms. The van der Waals surface area contributed by atoms with Crippen molar-refractivity contribution in [1.29, 1.82) is 0 Å². The van der Waals surface area contributed by atoms with Gasteiger partial charge in [-0.2, -0.15) is 0 Å². The predicted molar refractivity (Wildman–Crippen MR) is 110 cm³/mol. The zero-order chi connectivity index (χ0) is 20.1. The molecule has 0 aliphatic heterocycles. The van der Waals surface area contributed by atoms with Crippen LogP contribution in [0.3, 0.4) is 0 Å². The summed E-state index contributed by atoms with van der Waals surface area (Å²) in [5.74, 6) is -0.482. The third-order valence-corrected chi connectivity index (χ3v) is 5.97. The van der Waals surface area contributed by atoms with Gasteiger partial charge >= 0.3 is 0 Å². The maximum Gasteiger partial charge on any atom is 0.269 e. The molecule has 0 aliphatic carbocycles. The van der Waals surface area contributed by atoms with Gasteiger partial charge in [0.25, 0.3) is 5.69 Å². The fraction of sp³-hybridized carbons (Fsp3) is 0.150. The zero-order valence-electron chi connectivity index (χ0n) is 14.9. The standard InChI is InChI=1S/C20H17FN2O3S2/c1-14(28-18-10-8-17(9-11-18)23(25)26)20(24)22(13-19-3-2-12-27-19)16-6-4-15(21)5-7-16/h2-12,14H,13H2,1H3. The summed E-state index contributed by atoms with van der Waals surface area (Å²) < 4.78 is 13.3. The van der Waals surface area contributed by atoms with Crippen LogP contribution in [-0.4, -0.2) is 16.1 Å². The van der Waals surface area contributed by atoms with Gasteiger partial charge in [0.05, 0.1) is 16.7 Å². The summed E-state index contributed by atoms with van der Waals surface area (Å²) in [7, 11) is 0. The minimum atomic E-state index is -0.458. The lowest BCUT2D eigenvalue weighted by atomic mass is 10.2. The summed E-state index contributed by atoms with van der Waals surface area (Å²) in [4.78, 5) is 26.9. The van der Waals surface area contributed by atoms with Crippen LogP contribution >= 0.6 is 23.1 Å².